The fourth-order valence-corrected chi connectivity index (χ4v) is 6.56. The summed E-state index contributed by atoms with van der Waals surface area (Å²) in [5.41, 5.74) is 1.69. The van der Waals surface area contributed by atoms with Crippen molar-refractivity contribution >= 4 is 22.8 Å². The number of aromatic amines is 1. The van der Waals surface area contributed by atoms with Gasteiger partial charge >= 0.3 is 6.03 Å². The molecule has 0 radical (unpaired) electrons. The zero-order valence-electron chi connectivity index (χ0n) is 20.7. The first-order valence-electron chi connectivity index (χ1n) is 13.1. The zero-order valence-corrected chi connectivity index (χ0v) is 20.7. The first-order chi connectivity index (χ1) is 16.5. The number of benzene rings is 1. The van der Waals surface area contributed by atoms with Crippen LogP contribution in [0.25, 0.3) is 10.9 Å². The van der Waals surface area contributed by atoms with E-state index < -0.39 is 5.54 Å². The molecule has 34 heavy (non-hydrogen) atoms. The Morgan fingerprint density at radius 3 is 2.59 bits per heavy atom. The molecular weight excluding hydrogens is 426 g/mol. The molecule has 2 N–H and O–H groups in total. The Kier molecular flexibility index (Phi) is 6.67. The van der Waals surface area contributed by atoms with Gasteiger partial charge in [-0.3, -0.25) is 14.6 Å². The van der Waals surface area contributed by atoms with Gasteiger partial charge in [0, 0.05) is 30.3 Å². The van der Waals surface area contributed by atoms with E-state index in [9.17, 15) is 9.59 Å². The largest absolute Gasteiger partial charge is 0.357 e. The number of carbonyl (C=O) groups excluding carboxylic acids is 2. The molecule has 0 saturated carbocycles. The lowest BCUT2D eigenvalue weighted by molar-refractivity contribution is -0.134. The standard InChI is InChI=1S/C27H39N5O2/c1-3-13-27(25(33)32(26(34)29-27)17-12-23-8-6-14-30(23)2)21-10-15-31(16-11-21)19-22-18-20-7-4-5-9-24(20)28-22/h4-5,7,9,18,21,23,28H,3,6,8,10-17,19H2,1-2H3,(H,29,34)/t23-,27+/m0/s1. The molecule has 7 nitrogen and oxygen atoms in total. The summed E-state index contributed by atoms with van der Waals surface area (Å²) in [6, 6.07) is 10.9. The molecule has 0 aliphatic carbocycles. The Bertz CT molecular complexity index is 994. The molecule has 3 fully saturated rings. The summed E-state index contributed by atoms with van der Waals surface area (Å²) in [5.74, 6) is 0.219. The SMILES string of the molecule is CCC[C@]1(C2CCN(Cc3cc4ccccc4[nH]3)CC2)NC(=O)N(CC[C@@H]2CCCN2C)C1=O. The first kappa shape index (κ1) is 23.4. The highest BCUT2D eigenvalue weighted by atomic mass is 16.2. The maximum Gasteiger partial charge on any atom is 0.325 e. The second-order valence-corrected chi connectivity index (χ2v) is 10.6. The summed E-state index contributed by atoms with van der Waals surface area (Å²) in [7, 11) is 2.15. The minimum absolute atomic E-state index is 0.0223. The smallest absolute Gasteiger partial charge is 0.325 e. The number of piperidine rings is 1. The average molecular weight is 466 g/mol. The van der Waals surface area contributed by atoms with Crippen LogP contribution in [0.5, 0.6) is 0 Å². The molecule has 4 heterocycles. The number of amides is 3. The number of urea groups is 1. The number of hydrogen-bond donors (Lipinski definition) is 2. The van der Waals surface area contributed by atoms with Crippen LogP contribution in [0, 0.1) is 5.92 Å². The molecule has 3 saturated heterocycles. The summed E-state index contributed by atoms with van der Waals surface area (Å²) in [4.78, 5) is 36.5. The van der Waals surface area contributed by atoms with Crippen LogP contribution in [0.1, 0.15) is 57.6 Å². The summed E-state index contributed by atoms with van der Waals surface area (Å²) >= 11 is 0. The van der Waals surface area contributed by atoms with Crippen LogP contribution >= 0.6 is 0 Å². The lowest BCUT2D eigenvalue weighted by Crippen LogP contribution is -2.56. The Morgan fingerprint density at radius 1 is 1.09 bits per heavy atom. The van der Waals surface area contributed by atoms with Gasteiger partial charge in [0.05, 0.1) is 0 Å². The number of aromatic nitrogens is 1. The number of para-hydroxylation sites is 1. The summed E-state index contributed by atoms with van der Waals surface area (Å²) in [6.07, 6.45) is 6.73. The van der Waals surface area contributed by atoms with Crippen LogP contribution in [-0.2, 0) is 11.3 Å². The van der Waals surface area contributed by atoms with Gasteiger partial charge in [-0.2, -0.15) is 0 Å². The van der Waals surface area contributed by atoms with Crippen molar-refractivity contribution in [2.45, 2.75) is 70.0 Å². The number of H-pyrrole nitrogens is 1. The van der Waals surface area contributed by atoms with Gasteiger partial charge in [0.2, 0.25) is 0 Å². The van der Waals surface area contributed by atoms with Crippen molar-refractivity contribution in [1.29, 1.82) is 0 Å². The summed E-state index contributed by atoms with van der Waals surface area (Å²) in [6.45, 7) is 6.54. The van der Waals surface area contributed by atoms with Gasteiger partial charge in [0.15, 0.2) is 0 Å². The number of fused-ring (bicyclic) bond motifs is 1. The quantitative estimate of drug-likeness (QED) is 0.579. The molecule has 3 aliphatic rings. The maximum atomic E-state index is 13.7. The second kappa shape index (κ2) is 9.70. The Morgan fingerprint density at radius 2 is 1.88 bits per heavy atom. The molecule has 7 heteroatoms. The van der Waals surface area contributed by atoms with E-state index in [0.717, 1.165) is 64.7 Å². The van der Waals surface area contributed by atoms with Gasteiger partial charge in [-0.1, -0.05) is 31.5 Å². The highest BCUT2D eigenvalue weighted by molar-refractivity contribution is 6.07. The van der Waals surface area contributed by atoms with Crippen LogP contribution < -0.4 is 5.32 Å². The number of hydrogen-bond acceptors (Lipinski definition) is 4. The number of nitrogens with one attached hydrogen (secondary N) is 2. The van der Waals surface area contributed by atoms with Crippen molar-refractivity contribution in [2.75, 3.05) is 33.2 Å². The van der Waals surface area contributed by atoms with Crippen LogP contribution in [0.3, 0.4) is 0 Å². The van der Waals surface area contributed by atoms with Crippen LogP contribution in [0.2, 0.25) is 0 Å². The van der Waals surface area contributed by atoms with Gasteiger partial charge in [0.1, 0.15) is 5.54 Å². The predicted molar refractivity (Wildman–Crippen MR) is 134 cm³/mol. The van der Waals surface area contributed by atoms with E-state index in [0.29, 0.717) is 12.6 Å². The third kappa shape index (κ3) is 4.36. The van der Waals surface area contributed by atoms with Crippen LogP contribution in [0.15, 0.2) is 30.3 Å². The van der Waals surface area contributed by atoms with E-state index in [1.165, 1.54) is 27.9 Å². The Hall–Kier alpha value is -2.38. The highest BCUT2D eigenvalue weighted by Crippen LogP contribution is 2.37. The number of rotatable bonds is 8. The van der Waals surface area contributed by atoms with Crippen molar-refractivity contribution < 1.29 is 9.59 Å². The van der Waals surface area contributed by atoms with Gasteiger partial charge in [-0.15, -0.1) is 0 Å². The molecule has 1 aromatic carbocycles. The number of nitrogens with zero attached hydrogens (tertiary/aromatic N) is 3. The fourth-order valence-electron chi connectivity index (χ4n) is 6.56. The van der Waals surface area contributed by atoms with Gasteiger partial charge in [-0.25, -0.2) is 4.79 Å². The third-order valence-corrected chi connectivity index (χ3v) is 8.47. The monoisotopic (exact) mass is 465 g/mol. The van der Waals surface area contributed by atoms with E-state index in [-0.39, 0.29) is 17.9 Å². The van der Waals surface area contributed by atoms with Crippen molar-refractivity contribution in [3.63, 3.8) is 0 Å². The lowest BCUT2D eigenvalue weighted by Gasteiger charge is -2.41. The van der Waals surface area contributed by atoms with Gasteiger partial charge in [-0.05, 0) is 88.6 Å². The van der Waals surface area contributed by atoms with Crippen LogP contribution in [0.4, 0.5) is 4.79 Å². The zero-order chi connectivity index (χ0) is 23.7. The number of carbonyl (C=O) groups is 2. The number of likely N-dealkylation sites (tertiary alicyclic amines) is 2. The van der Waals surface area contributed by atoms with Gasteiger partial charge in [0.25, 0.3) is 5.91 Å². The molecule has 0 unspecified atom stereocenters. The molecule has 5 rings (SSSR count). The highest BCUT2D eigenvalue weighted by Gasteiger charge is 2.55. The molecule has 3 aliphatic heterocycles. The van der Waals surface area contributed by atoms with E-state index in [1.54, 1.807) is 0 Å². The fraction of sp³-hybridized carbons (Fsp3) is 0.630. The van der Waals surface area contributed by atoms with Crippen LogP contribution in [-0.4, -0.2) is 76.4 Å². The molecule has 0 spiro atoms. The van der Waals surface area contributed by atoms with E-state index in [1.807, 2.05) is 0 Å². The summed E-state index contributed by atoms with van der Waals surface area (Å²) < 4.78 is 0. The van der Waals surface area contributed by atoms with E-state index >= 15 is 0 Å². The lowest BCUT2D eigenvalue weighted by atomic mass is 9.74. The molecule has 184 valence electrons. The molecule has 2 aromatic rings. The minimum Gasteiger partial charge on any atom is -0.357 e. The predicted octanol–water partition coefficient (Wildman–Crippen LogP) is 3.95. The molecular formula is C27H39N5O2. The minimum atomic E-state index is -0.722. The second-order valence-electron chi connectivity index (χ2n) is 10.6. The van der Waals surface area contributed by atoms with Gasteiger partial charge < -0.3 is 15.2 Å². The average Bonchev–Trinajstić information content (AvgIpc) is 3.50. The molecule has 0 bridgehead atoms. The normalized spacial score (nSPS) is 27.2. The maximum absolute atomic E-state index is 13.7. The van der Waals surface area contributed by atoms with Crippen molar-refractivity contribution in [3.8, 4) is 0 Å². The van der Waals surface area contributed by atoms with Crippen molar-refractivity contribution in [3.05, 3.63) is 36.0 Å². The molecule has 3 amide bonds. The molecule has 1 aromatic heterocycles. The summed E-state index contributed by atoms with van der Waals surface area (Å²) in [5, 5.41) is 4.45. The number of imide groups is 1. The Labute approximate surface area is 202 Å². The third-order valence-electron chi connectivity index (χ3n) is 8.47. The first-order valence-corrected chi connectivity index (χ1v) is 13.1. The molecule has 2 atom stereocenters. The van der Waals surface area contributed by atoms with E-state index in [4.69, 9.17) is 0 Å². The topological polar surface area (TPSA) is 71.7 Å². The van der Waals surface area contributed by atoms with E-state index in [2.05, 4.69) is 64.4 Å². The Balaban J connectivity index is 1.22. The van der Waals surface area contributed by atoms with Crippen molar-refractivity contribution in [1.82, 2.24) is 25.0 Å². The van der Waals surface area contributed by atoms with Crippen molar-refractivity contribution in [2.24, 2.45) is 5.92 Å².